The zero-order valence-electron chi connectivity index (χ0n) is 12.1. The fraction of sp³-hybridized carbons (Fsp3) is 0.0625. The Labute approximate surface area is 135 Å². The molecular formula is C16H12N2O4S. The predicted molar refractivity (Wildman–Crippen MR) is 89.9 cm³/mol. The number of ether oxygens (including phenoxy) is 1. The lowest BCUT2D eigenvalue weighted by molar-refractivity contribution is -0.385. The van der Waals surface area contributed by atoms with E-state index >= 15 is 0 Å². The number of nitrogens with zero attached hydrogens (tertiary/aromatic N) is 2. The summed E-state index contributed by atoms with van der Waals surface area (Å²) < 4.78 is 6.18. The second-order valence-corrected chi connectivity index (χ2v) is 5.79. The van der Waals surface area contributed by atoms with E-state index in [1.807, 2.05) is 18.2 Å². The van der Waals surface area contributed by atoms with Crippen LogP contribution in [0.15, 0.2) is 36.4 Å². The van der Waals surface area contributed by atoms with E-state index in [1.165, 1.54) is 23.5 Å². The maximum absolute atomic E-state index is 10.8. The molecule has 1 heterocycles. The third-order valence-electron chi connectivity index (χ3n) is 3.23. The number of fused-ring (bicyclic) bond motifs is 1. The molecule has 0 aliphatic rings. The third-order valence-corrected chi connectivity index (χ3v) is 4.21. The maximum Gasteiger partial charge on any atom is 0.311 e. The van der Waals surface area contributed by atoms with Crippen molar-refractivity contribution in [3.8, 4) is 11.5 Å². The molecular weight excluding hydrogens is 316 g/mol. The van der Waals surface area contributed by atoms with Gasteiger partial charge in [-0.1, -0.05) is 12.1 Å². The average Bonchev–Trinajstić information content (AvgIpc) is 2.95. The molecule has 1 aromatic heterocycles. The van der Waals surface area contributed by atoms with Crippen molar-refractivity contribution in [2.45, 2.75) is 0 Å². The minimum Gasteiger partial charge on any atom is -0.502 e. The molecule has 3 rings (SSSR count). The fourth-order valence-electron chi connectivity index (χ4n) is 2.08. The highest BCUT2D eigenvalue weighted by Gasteiger charge is 2.12. The van der Waals surface area contributed by atoms with Crippen molar-refractivity contribution in [1.29, 1.82) is 0 Å². The second kappa shape index (κ2) is 6.05. The monoisotopic (exact) mass is 328 g/mol. The van der Waals surface area contributed by atoms with Crippen molar-refractivity contribution in [3.05, 3.63) is 57.1 Å². The lowest BCUT2D eigenvalue weighted by Crippen LogP contribution is -1.88. The molecule has 0 amide bonds. The zero-order chi connectivity index (χ0) is 16.4. The van der Waals surface area contributed by atoms with Crippen molar-refractivity contribution < 1.29 is 14.8 Å². The fourth-order valence-corrected chi connectivity index (χ4v) is 2.98. The number of benzene rings is 2. The van der Waals surface area contributed by atoms with Gasteiger partial charge in [0.05, 0.1) is 22.2 Å². The molecule has 116 valence electrons. The van der Waals surface area contributed by atoms with Gasteiger partial charge in [0, 0.05) is 6.07 Å². The Morgan fingerprint density at radius 3 is 2.83 bits per heavy atom. The predicted octanol–water partition coefficient (Wildman–Crippen LogP) is 4.09. The standard InChI is InChI=1S/C16H12N2O4S/c1-22-11-4-5-12-15(9-11)23-16(17-12)7-3-10-2-6-14(19)13(8-10)18(20)21/h2-9,19H,1H3/b7-3+. The molecule has 0 spiro atoms. The van der Waals surface area contributed by atoms with Crippen molar-refractivity contribution in [1.82, 2.24) is 4.98 Å². The van der Waals surface area contributed by atoms with E-state index in [1.54, 1.807) is 25.3 Å². The number of phenolic OH excluding ortho intramolecular Hbond substituents is 1. The van der Waals surface area contributed by atoms with Gasteiger partial charge in [0.2, 0.25) is 0 Å². The van der Waals surface area contributed by atoms with Crippen LogP contribution in [0.25, 0.3) is 22.4 Å². The normalized spacial score (nSPS) is 11.2. The van der Waals surface area contributed by atoms with Crippen LogP contribution in [0, 0.1) is 10.1 Å². The van der Waals surface area contributed by atoms with Crippen molar-refractivity contribution in [2.24, 2.45) is 0 Å². The quantitative estimate of drug-likeness (QED) is 0.576. The molecule has 23 heavy (non-hydrogen) atoms. The van der Waals surface area contributed by atoms with Gasteiger partial charge in [0.25, 0.3) is 0 Å². The summed E-state index contributed by atoms with van der Waals surface area (Å²) in [6.07, 6.45) is 3.51. The van der Waals surface area contributed by atoms with Gasteiger partial charge in [-0.2, -0.15) is 0 Å². The molecule has 3 aromatic rings. The minimum absolute atomic E-state index is 0.318. The highest BCUT2D eigenvalue weighted by Crippen LogP contribution is 2.29. The summed E-state index contributed by atoms with van der Waals surface area (Å²) in [4.78, 5) is 14.7. The number of phenols is 1. The van der Waals surface area contributed by atoms with Crippen LogP contribution in [0.4, 0.5) is 5.69 Å². The van der Waals surface area contributed by atoms with Crippen LogP contribution < -0.4 is 4.74 Å². The van der Waals surface area contributed by atoms with Gasteiger partial charge in [-0.05, 0) is 35.9 Å². The van der Waals surface area contributed by atoms with Crippen LogP contribution in [-0.2, 0) is 0 Å². The number of thiazole rings is 1. The minimum atomic E-state index is -0.614. The first-order valence-electron chi connectivity index (χ1n) is 6.67. The molecule has 2 aromatic carbocycles. The van der Waals surface area contributed by atoms with Crippen LogP contribution in [0.1, 0.15) is 10.6 Å². The SMILES string of the molecule is COc1ccc2nc(/C=C/c3ccc(O)c([N+](=O)[O-])c3)sc2c1. The maximum atomic E-state index is 10.8. The van der Waals surface area contributed by atoms with E-state index in [4.69, 9.17) is 4.74 Å². The van der Waals surface area contributed by atoms with Crippen LogP contribution >= 0.6 is 11.3 Å². The number of hydrogen-bond donors (Lipinski definition) is 1. The number of aromatic nitrogens is 1. The van der Waals surface area contributed by atoms with E-state index in [2.05, 4.69) is 4.98 Å². The van der Waals surface area contributed by atoms with E-state index in [-0.39, 0.29) is 11.4 Å². The zero-order valence-corrected chi connectivity index (χ0v) is 12.9. The van der Waals surface area contributed by atoms with Crippen LogP contribution in [0.3, 0.4) is 0 Å². The summed E-state index contributed by atoms with van der Waals surface area (Å²) in [5.74, 6) is 0.421. The molecule has 0 saturated heterocycles. The Morgan fingerprint density at radius 2 is 2.09 bits per heavy atom. The highest BCUT2D eigenvalue weighted by molar-refractivity contribution is 7.19. The van der Waals surface area contributed by atoms with Crippen LogP contribution in [0.2, 0.25) is 0 Å². The molecule has 0 saturated carbocycles. The van der Waals surface area contributed by atoms with Crippen molar-refractivity contribution in [3.63, 3.8) is 0 Å². The second-order valence-electron chi connectivity index (χ2n) is 4.72. The van der Waals surface area contributed by atoms with Crippen molar-refractivity contribution >= 4 is 39.4 Å². The number of nitro groups is 1. The Morgan fingerprint density at radius 1 is 1.26 bits per heavy atom. The molecule has 6 nitrogen and oxygen atoms in total. The highest BCUT2D eigenvalue weighted by atomic mass is 32.1. The van der Waals surface area contributed by atoms with Gasteiger partial charge < -0.3 is 9.84 Å². The Hall–Kier alpha value is -2.93. The van der Waals surface area contributed by atoms with Gasteiger partial charge >= 0.3 is 5.69 Å². The lowest BCUT2D eigenvalue weighted by Gasteiger charge is -1.97. The number of rotatable bonds is 4. The topological polar surface area (TPSA) is 85.5 Å². The first-order valence-corrected chi connectivity index (χ1v) is 7.48. The lowest BCUT2D eigenvalue weighted by atomic mass is 10.2. The van der Waals surface area contributed by atoms with E-state index < -0.39 is 4.92 Å². The molecule has 0 atom stereocenters. The first-order chi connectivity index (χ1) is 11.1. The molecule has 0 aliphatic carbocycles. The van der Waals surface area contributed by atoms with Crippen LogP contribution in [0.5, 0.6) is 11.5 Å². The summed E-state index contributed by atoms with van der Waals surface area (Å²) >= 11 is 1.50. The van der Waals surface area contributed by atoms with Gasteiger partial charge in [-0.3, -0.25) is 10.1 Å². The van der Waals surface area contributed by atoms with E-state index in [0.717, 1.165) is 21.0 Å². The van der Waals surface area contributed by atoms with Gasteiger partial charge in [-0.15, -0.1) is 11.3 Å². The largest absolute Gasteiger partial charge is 0.502 e. The molecule has 0 unspecified atom stereocenters. The smallest absolute Gasteiger partial charge is 0.311 e. The third kappa shape index (κ3) is 3.14. The first kappa shape index (κ1) is 15.0. The number of methoxy groups -OCH3 is 1. The Balaban J connectivity index is 1.90. The Kier molecular flexibility index (Phi) is 3.94. The summed E-state index contributed by atoms with van der Waals surface area (Å²) in [5, 5.41) is 21.1. The van der Waals surface area contributed by atoms with E-state index in [9.17, 15) is 15.2 Å². The molecule has 0 aliphatic heterocycles. The number of nitro benzene ring substituents is 1. The summed E-state index contributed by atoms with van der Waals surface area (Å²) in [6.45, 7) is 0. The van der Waals surface area contributed by atoms with Crippen molar-refractivity contribution in [2.75, 3.05) is 7.11 Å². The molecule has 0 bridgehead atoms. The summed E-state index contributed by atoms with van der Waals surface area (Å²) in [7, 11) is 1.61. The Bertz CT molecular complexity index is 918. The summed E-state index contributed by atoms with van der Waals surface area (Å²) in [6, 6.07) is 9.88. The summed E-state index contributed by atoms with van der Waals surface area (Å²) in [5.41, 5.74) is 1.17. The molecule has 7 heteroatoms. The average molecular weight is 328 g/mol. The van der Waals surface area contributed by atoms with Gasteiger partial charge in [0.1, 0.15) is 10.8 Å². The van der Waals surface area contributed by atoms with Crippen LogP contribution in [-0.4, -0.2) is 22.1 Å². The molecule has 0 fully saturated rings. The van der Waals surface area contributed by atoms with E-state index in [0.29, 0.717) is 5.56 Å². The van der Waals surface area contributed by atoms with Gasteiger partial charge in [-0.25, -0.2) is 4.98 Å². The number of hydrogen-bond acceptors (Lipinski definition) is 6. The number of aromatic hydroxyl groups is 1. The molecule has 0 radical (unpaired) electrons. The molecule has 1 N–H and O–H groups in total. The van der Waals surface area contributed by atoms with Gasteiger partial charge in [0.15, 0.2) is 5.75 Å².